The molecule has 1 saturated carbocycles. The molecule has 2 aliphatic rings. The van der Waals surface area contributed by atoms with Gasteiger partial charge in [0.25, 0.3) is 0 Å². The van der Waals surface area contributed by atoms with Crippen LogP contribution in [0.15, 0.2) is 42.2 Å². The summed E-state index contributed by atoms with van der Waals surface area (Å²) in [4.78, 5) is 12.0. The zero-order chi connectivity index (χ0) is 15.1. The zero-order valence-electron chi connectivity index (χ0n) is 13.0. The maximum Gasteiger partial charge on any atom is 0.412 e. The van der Waals surface area contributed by atoms with Crippen LogP contribution in [0.2, 0.25) is 0 Å². The first kappa shape index (κ1) is 14.2. The average Bonchev–Trinajstić information content (AvgIpc) is 2.79. The Bertz CT molecular complexity index is 576. The fourth-order valence-electron chi connectivity index (χ4n) is 3.69. The molecule has 0 heterocycles. The number of hydrogen-bond acceptors (Lipinski definition) is 2. The first-order valence-electron chi connectivity index (χ1n) is 7.65. The van der Waals surface area contributed by atoms with Crippen molar-refractivity contribution < 1.29 is 9.53 Å². The third-order valence-electron chi connectivity index (χ3n) is 5.68. The van der Waals surface area contributed by atoms with E-state index in [0.29, 0.717) is 12.5 Å². The number of ether oxygens (including phenoxy) is 1. The zero-order valence-corrected chi connectivity index (χ0v) is 13.0. The highest BCUT2D eigenvalue weighted by atomic mass is 16.6. The van der Waals surface area contributed by atoms with Gasteiger partial charge in [0.1, 0.15) is 5.76 Å². The summed E-state index contributed by atoms with van der Waals surface area (Å²) < 4.78 is 5.62. The van der Waals surface area contributed by atoms with Gasteiger partial charge < -0.3 is 10.1 Å². The van der Waals surface area contributed by atoms with E-state index >= 15 is 0 Å². The molecule has 0 radical (unpaired) electrons. The first-order chi connectivity index (χ1) is 9.93. The fourth-order valence-corrected chi connectivity index (χ4v) is 3.69. The molecule has 0 aromatic heterocycles. The molecular weight excluding hydrogens is 262 g/mol. The third-order valence-corrected chi connectivity index (χ3v) is 5.68. The summed E-state index contributed by atoms with van der Waals surface area (Å²) >= 11 is 0. The van der Waals surface area contributed by atoms with E-state index in [2.05, 4.69) is 32.2 Å². The van der Waals surface area contributed by atoms with Gasteiger partial charge in [0.15, 0.2) is 0 Å². The second-order valence-corrected chi connectivity index (χ2v) is 6.96. The summed E-state index contributed by atoms with van der Waals surface area (Å²) in [6, 6.07) is 9.86. The minimum Gasteiger partial charge on any atom is -0.415 e. The van der Waals surface area contributed by atoms with Crippen LogP contribution in [0.4, 0.5) is 4.79 Å². The largest absolute Gasteiger partial charge is 0.415 e. The lowest BCUT2D eigenvalue weighted by Gasteiger charge is -2.36. The Balaban J connectivity index is 1.61. The van der Waals surface area contributed by atoms with E-state index in [1.807, 2.05) is 30.3 Å². The number of benzene rings is 1. The molecule has 1 amide bonds. The summed E-state index contributed by atoms with van der Waals surface area (Å²) in [6.07, 6.45) is 4.10. The molecule has 1 aromatic carbocycles. The molecule has 1 aromatic rings. The molecule has 0 spiro atoms. The molecule has 112 valence electrons. The second-order valence-electron chi connectivity index (χ2n) is 6.96. The SMILES string of the molecule is CC12CCC(C=C1OC(=O)NCc1ccccc1)C2(C)C. The van der Waals surface area contributed by atoms with Gasteiger partial charge in [0.05, 0.1) is 0 Å². The van der Waals surface area contributed by atoms with Crippen LogP contribution in [0.1, 0.15) is 39.2 Å². The molecule has 2 unspecified atom stereocenters. The van der Waals surface area contributed by atoms with Crippen molar-refractivity contribution in [1.82, 2.24) is 5.32 Å². The topological polar surface area (TPSA) is 38.3 Å². The van der Waals surface area contributed by atoms with Crippen molar-refractivity contribution in [1.29, 1.82) is 0 Å². The molecule has 3 rings (SSSR count). The van der Waals surface area contributed by atoms with E-state index in [4.69, 9.17) is 4.74 Å². The number of fused-ring (bicyclic) bond motifs is 2. The van der Waals surface area contributed by atoms with Crippen LogP contribution in [0.25, 0.3) is 0 Å². The predicted octanol–water partition coefficient (Wildman–Crippen LogP) is 4.25. The Morgan fingerprint density at radius 3 is 2.57 bits per heavy atom. The second kappa shape index (κ2) is 4.90. The van der Waals surface area contributed by atoms with Crippen molar-refractivity contribution in [3.8, 4) is 0 Å². The van der Waals surface area contributed by atoms with E-state index in [1.165, 1.54) is 6.42 Å². The molecule has 0 saturated heterocycles. The van der Waals surface area contributed by atoms with Crippen molar-refractivity contribution >= 4 is 6.09 Å². The maximum absolute atomic E-state index is 12.0. The number of carbonyl (C=O) groups excluding carboxylic acids is 1. The predicted molar refractivity (Wildman–Crippen MR) is 82.5 cm³/mol. The van der Waals surface area contributed by atoms with E-state index in [-0.39, 0.29) is 16.9 Å². The van der Waals surface area contributed by atoms with E-state index in [0.717, 1.165) is 17.7 Å². The normalized spacial score (nSPS) is 29.1. The van der Waals surface area contributed by atoms with Gasteiger partial charge in [-0.05, 0) is 35.8 Å². The number of allylic oxidation sites excluding steroid dienone is 2. The van der Waals surface area contributed by atoms with Crippen molar-refractivity contribution in [2.75, 3.05) is 0 Å². The van der Waals surface area contributed by atoms with Gasteiger partial charge in [-0.3, -0.25) is 0 Å². The quantitative estimate of drug-likeness (QED) is 0.901. The van der Waals surface area contributed by atoms with Crippen LogP contribution in [0.3, 0.4) is 0 Å². The molecule has 2 atom stereocenters. The molecule has 21 heavy (non-hydrogen) atoms. The molecule has 3 heteroatoms. The standard InChI is InChI=1S/C18H23NO2/c1-17(2)14-9-10-18(17,3)15(11-14)21-16(20)19-12-13-7-5-4-6-8-13/h4-8,11,14H,9-10,12H2,1-3H3,(H,19,20). The van der Waals surface area contributed by atoms with Crippen LogP contribution in [-0.2, 0) is 11.3 Å². The average molecular weight is 285 g/mol. The van der Waals surface area contributed by atoms with Gasteiger partial charge in [-0.1, -0.05) is 51.1 Å². The lowest BCUT2D eigenvalue weighted by atomic mass is 9.70. The molecule has 3 nitrogen and oxygen atoms in total. The molecule has 1 fully saturated rings. The van der Waals surface area contributed by atoms with E-state index in [1.54, 1.807) is 0 Å². The summed E-state index contributed by atoms with van der Waals surface area (Å²) in [5.74, 6) is 1.38. The Hall–Kier alpha value is -1.77. The number of rotatable bonds is 3. The summed E-state index contributed by atoms with van der Waals surface area (Å²) in [5, 5.41) is 2.83. The smallest absolute Gasteiger partial charge is 0.412 e. The summed E-state index contributed by atoms with van der Waals surface area (Å²) in [5.41, 5.74) is 1.24. The van der Waals surface area contributed by atoms with Gasteiger partial charge in [0, 0.05) is 12.0 Å². The summed E-state index contributed by atoms with van der Waals surface area (Å²) in [6.45, 7) is 7.27. The van der Waals surface area contributed by atoms with Crippen LogP contribution in [0.5, 0.6) is 0 Å². The van der Waals surface area contributed by atoms with Crippen molar-refractivity contribution in [2.24, 2.45) is 16.7 Å². The number of amides is 1. The van der Waals surface area contributed by atoms with Crippen LogP contribution in [0, 0.1) is 16.7 Å². The van der Waals surface area contributed by atoms with Crippen molar-refractivity contribution in [3.05, 3.63) is 47.7 Å². The van der Waals surface area contributed by atoms with Crippen LogP contribution < -0.4 is 5.32 Å². The van der Waals surface area contributed by atoms with Crippen molar-refractivity contribution in [3.63, 3.8) is 0 Å². The summed E-state index contributed by atoms with van der Waals surface area (Å²) in [7, 11) is 0. The Kier molecular flexibility index (Phi) is 3.31. The van der Waals surface area contributed by atoms with E-state index < -0.39 is 0 Å². The minimum atomic E-state index is -0.352. The highest BCUT2D eigenvalue weighted by molar-refractivity contribution is 5.69. The van der Waals surface area contributed by atoms with Gasteiger partial charge in [-0.15, -0.1) is 0 Å². The lowest BCUT2D eigenvalue weighted by molar-refractivity contribution is 0.0989. The Labute approximate surface area is 126 Å². The van der Waals surface area contributed by atoms with Gasteiger partial charge in [-0.25, -0.2) is 4.79 Å². The molecule has 0 aliphatic heterocycles. The highest BCUT2D eigenvalue weighted by Gasteiger charge is 2.58. The highest BCUT2D eigenvalue weighted by Crippen LogP contribution is 2.65. The minimum absolute atomic E-state index is 0.0121. The Morgan fingerprint density at radius 1 is 1.29 bits per heavy atom. The number of nitrogens with one attached hydrogen (secondary N) is 1. The fraction of sp³-hybridized carbons (Fsp3) is 0.500. The molecular formula is C18H23NO2. The first-order valence-corrected chi connectivity index (χ1v) is 7.65. The lowest BCUT2D eigenvalue weighted by Crippen LogP contribution is -2.33. The molecule has 2 bridgehead atoms. The Morgan fingerprint density at radius 2 is 2.00 bits per heavy atom. The number of carbonyl (C=O) groups is 1. The van der Waals surface area contributed by atoms with Crippen LogP contribution in [-0.4, -0.2) is 6.09 Å². The monoisotopic (exact) mass is 285 g/mol. The van der Waals surface area contributed by atoms with E-state index in [9.17, 15) is 4.79 Å². The maximum atomic E-state index is 12.0. The van der Waals surface area contributed by atoms with Crippen LogP contribution >= 0.6 is 0 Å². The van der Waals surface area contributed by atoms with Gasteiger partial charge >= 0.3 is 6.09 Å². The molecule has 2 aliphatic carbocycles. The van der Waals surface area contributed by atoms with Gasteiger partial charge in [-0.2, -0.15) is 0 Å². The van der Waals surface area contributed by atoms with Crippen molar-refractivity contribution in [2.45, 2.75) is 40.2 Å². The molecule has 1 N–H and O–H groups in total. The number of hydrogen-bond donors (Lipinski definition) is 1. The third kappa shape index (κ3) is 2.25. The number of alkyl carbamates (subject to hydrolysis) is 1. The van der Waals surface area contributed by atoms with Gasteiger partial charge in [0.2, 0.25) is 0 Å².